The number of hydrogen-bond donors (Lipinski definition) is 2. The zero-order valence-electron chi connectivity index (χ0n) is 15.0. The molecule has 1 saturated heterocycles. The molecule has 5 rings (SSSR count). The Labute approximate surface area is 156 Å². The van der Waals surface area contributed by atoms with Crippen LogP contribution in [0.25, 0.3) is 16.6 Å². The number of benzene rings is 2. The Morgan fingerprint density at radius 2 is 2.00 bits per heavy atom. The second-order valence-electron chi connectivity index (χ2n) is 7.35. The van der Waals surface area contributed by atoms with E-state index < -0.39 is 5.82 Å². The van der Waals surface area contributed by atoms with Crippen molar-refractivity contribution in [3.05, 3.63) is 59.0 Å². The smallest absolute Gasteiger partial charge is 0.252 e. The highest BCUT2D eigenvalue weighted by Gasteiger charge is 2.24. The Hall–Kier alpha value is -2.73. The van der Waals surface area contributed by atoms with Crippen LogP contribution in [-0.4, -0.2) is 35.3 Å². The number of nitrogens with one attached hydrogen (secondary N) is 2. The van der Waals surface area contributed by atoms with E-state index in [9.17, 15) is 9.18 Å². The minimum atomic E-state index is -0.439. The largest absolute Gasteiger partial charge is 0.352 e. The molecule has 2 aliphatic heterocycles. The van der Waals surface area contributed by atoms with E-state index in [1.165, 1.54) is 30.5 Å². The van der Waals surface area contributed by atoms with E-state index in [1.807, 2.05) is 4.68 Å². The molecule has 0 aliphatic carbocycles. The van der Waals surface area contributed by atoms with Crippen LogP contribution in [0.15, 0.2) is 36.4 Å². The van der Waals surface area contributed by atoms with E-state index in [2.05, 4.69) is 40.0 Å². The molecule has 0 spiro atoms. The van der Waals surface area contributed by atoms with E-state index in [4.69, 9.17) is 0 Å². The van der Waals surface area contributed by atoms with Gasteiger partial charge in [-0.25, -0.2) is 9.07 Å². The molecular formula is C21H21FN4O. The van der Waals surface area contributed by atoms with Crippen LogP contribution in [0.2, 0.25) is 0 Å². The zero-order valence-corrected chi connectivity index (χ0v) is 15.0. The number of hydrogen-bond acceptors (Lipinski definition) is 3. The predicted molar refractivity (Wildman–Crippen MR) is 102 cm³/mol. The average molecular weight is 364 g/mol. The Balaban J connectivity index is 1.59. The summed E-state index contributed by atoms with van der Waals surface area (Å²) in [6, 6.07) is 11.2. The van der Waals surface area contributed by atoms with Crippen LogP contribution in [0, 0.1) is 5.82 Å². The van der Waals surface area contributed by atoms with Crippen molar-refractivity contribution in [2.75, 3.05) is 19.6 Å². The molecule has 2 aliphatic rings. The summed E-state index contributed by atoms with van der Waals surface area (Å²) in [7, 11) is 0. The van der Waals surface area contributed by atoms with E-state index in [0.717, 1.165) is 29.9 Å². The van der Waals surface area contributed by atoms with Gasteiger partial charge in [0.1, 0.15) is 5.82 Å². The summed E-state index contributed by atoms with van der Waals surface area (Å²) < 4.78 is 15.8. The number of aromatic nitrogens is 2. The third-order valence-electron chi connectivity index (χ3n) is 5.63. The molecule has 0 unspecified atom stereocenters. The first-order valence-electron chi connectivity index (χ1n) is 9.51. The van der Waals surface area contributed by atoms with Gasteiger partial charge in [0.05, 0.1) is 22.5 Å². The van der Waals surface area contributed by atoms with Gasteiger partial charge in [0.25, 0.3) is 5.91 Å². The first-order valence-corrected chi connectivity index (χ1v) is 9.51. The van der Waals surface area contributed by atoms with Gasteiger partial charge in [0.2, 0.25) is 0 Å². The standard InChI is InChI=1S/C21H21FN4O/c22-15-10-17-20-18(11-15)25-26(19(20)7-9-24-21(17)27)16-5-3-13(4-6-16)14-2-1-8-23-12-14/h3-6,10-11,14,23H,1-2,7-9,12H2,(H,24,27)/t14-/m0/s1. The third kappa shape index (κ3) is 2.80. The lowest BCUT2D eigenvalue weighted by Crippen LogP contribution is -2.28. The number of halogens is 1. The number of carbonyl (C=O) groups is 1. The maximum Gasteiger partial charge on any atom is 0.252 e. The Morgan fingerprint density at radius 3 is 2.78 bits per heavy atom. The number of carbonyl (C=O) groups excluding carboxylic acids is 1. The van der Waals surface area contributed by atoms with Gasteiger partial charge in [0.15, 0.2) is 0 Å². The molecule has 1 aromatic heterocycles. The lowest BCUT2D eigenvalue weighted by Gasteiger charge is -2.23. The van der Waals surface area contributed by atoms with E-state index in [-0.39, 0.29) is 5.91 Å². The van der Waals surface area contributed by atoms with Gasteiger partial charge >= 0.3 is 0 Å². The number of amides is 1. The van der Waals surface area contributed by atoms with E-state index >= 15 is 0 Å². The molecule has 3 aromatic rings. The van der Waals surface area contributed by atoms with Gasteiger partial charge < -0.3 is 10.6 Å². The van der Waals surface area contributed by atoms with Crippen molar-refractivity contribution in [2.45, 2.75) is 25.2 Å². The van der Waals surface area contributed by atoms with E-state index in [0.29, 0.717) is 30.0 Å². The fourth-order valence-electron chi connectivity index (χ4n) is 4.29. The minimum absolute atomic E-state index is 0.238. The molecule has 6 heteroatoms. The van der Waals surface area contributed by atoms with Gasteiger partial charge in [0, 0.05) is 31.0 Å². The van der Waals surface area contributed by atoms with Crippen molar-refractivity contribution in [2.24, 2.45) is 0 Å². The van der Waals surface area contributed by atoms with Crippen LogP contribution in [-0.2, 0) is 6.42 Å². The maximum absolute atomic E-state index is 14.0. The van der Waals surface area contributed by atoms with Gasteiger partial charge in [-0.1, -0.05) is 12.1 Å². The zero-order chi connectivity index (χ0) is 18.4. The van der Waals surface area contributed by atoms with E-state index in [1.54, 1.807) is 0 Å². The average Bonchev–Trinajstić information content (AvgIpc) is 2.97. The van der Waals surface area contributed by atoms with Crippen LogP contribution in [0.4, 0.5) is 4.39 Å². The number of nitrogens with zero attached hydrogens (tertiary/aromatic N) is 2. The van der Waals surface area contributed by atoms with Crippen molar-refractivity contribution in [3.8, 4) is 5.69 Å². The summed E-state index contributed by atoms with van der Waals surface area (Å²) in [6.45, 7) is 2.64. The summed E-state index contributed by atoms with van der Waals surface area (Å²) in [5, 5.41) is 11.7. The van der Waals surface area contributed by atoms with Gasteiger partial charge in [-0.3, -0.25) is 4.79 Å². The highest BCUT2D eigenvalue weighted by atomic mass is 19.1. The summed E-state index contributed by atoms with van der Waals surface area (Å²) >= 11 is 0. The molecule has 0 saturated carbocycles. The van der Waals surface area contributed by atoms with Crippen LogP contribution in [0.3, 0.4) is 0 Å². The topological polar surface area (TPSA) is 59.0 Å². The van der Waals surface area contributed by atoms with Crippen molar-refractivity contribution in [1.29, 1.82) is 0 Å². The summed E-state index contributed by atoms with van der Waals surface area (Å²) in [4.78, 5) is 12.3. The fraction of sp³-hybridized carbons (Fsp3) is 0.333. The number of piperidine rings is 1. The maximum atomic E-state index is 14.0. The van der Waals surface area contributed by atoms with Crippen LogP contribution in [0.1, 0.15) is 40.4 Å². The SMILES string of the molecule is O=C1NCCc2c3c1cc(F)cc3nn2-c1ccc([C@H]2CCCNC2)cc1. The molecule has 0 bridgehead atoms. The lowest BCUT2D eigenvalue weighted by molar-refractivity contribution is 0.0956. The summed E-state index contributed by atoms with van der Waals surface area (Å²) in [5.74, 6) is -0.127. The van der Waals surface area contributed by atoms with Gasteiger partial charge in [-0.05, 0) is 49.1 Å². The molecule has 1 fully saturated rings. The van der Waals surface area contributed by atoms with Gasteiger partial charge in [-0.15, -0.1) is 0 Å². The quantitative estimate of drug-likeness (QED) is 0.735. The first-order chi connectivity index (χ1) is 13.2. The second-order valence-corrected chi connectivity index (χ2v) is 7.35. The molecule has 138 valence electrons. The number of rotatable bonds is 2. The Bertz CT molecular complexity index is 1020. The molecular weight excluding hydrogens is 343 g/mol. The molecule has 3 heterocycles. The molecule has 2 N–H and O–H groups in total. The highest BCUT2D eigenvalue weighted by Crippen LogP contribution is 2.30. The lowest BCUT2D eigenvalue weighted by atomic mass is 9.91. The molecule has 1 amide bonds. The second kappa shape index (κ2) is 6.46. The molecule has 0 radical (unpaired) electrons. The monoisotopic (exact) mass is 364 g/mol. The van der Waals surface area contributed by atoms with Crippen molar-refractivity contribution < 1.29 is 9.18 Å². The third-order valence-corrected chi connectivity index (χ3v) is 5.63. The van der Waals surface area contributed by atoms with Crippen LogP contribution in [0.5, 0.6) is 0 Å². The fourth-order valence-corrected chi connectivity index (χ4v) is 4.29. The Kier molecular flexibility index (Phi) is 3.93. The molecule has 2 aromatic carbocycles. The summed E-state index contributed by atoms with van der Waals surface area (Å²) in [5.41, 5.74) is 4.11. The van der Waals surface area contributed by atoms with Crippen LogP contribution < -0.4 is 10.6 Å². The van der Waals surface area contributed by atoms with Crippen LogP contribution >= 0.6 is 0 Å². The minimum Gasteiger partial charge on any atom is -0.352 e. The Morgan fingerprint density at radius 1 is 1.15 bits per heavy atom. The molecule has 27 heavy (non-hydrogen) atoms. The van der Waals surface area contributed by atoms with Gasteiger partial charge in [-0.2, -0.15) is 5.10 Å². The van der Waals surface area contributed by atoms with Crippen molar-refractivity contribution in [3.63, 3.8) is 0 Å². The molecule has 5 nitrogen and oxygen atoms in total. The van der Waals surface area contributed by atoms with Crippen molar-refractivity contribution >= 4 is 16.8 Å². The summed E-state index contributed by atoms with van der Waals surface area (Å²) in [6.07, 6.45) is 3.07. The first kappa shape index (κ1) is 16.4. The predicted octanol–water partition coefficient (Wildman–Crippen LogP) is 2.92. The molecule has 1 atom stereocenters. The highest BCUT2D eigenvalue weighted by molar-refractivity contribution is 6.08. The normalized spacial score (nSPS) is 19.7. The van der Waals surface area contributed by atoms with Crippen molar-refractivity contribution in [1.82, 2.24) is 20.4 Å².